The predicted octanol–water partition coefficient (Wildman–Crippen LogP) is 3.54. The standard InChI is InChI=1S/C14H10ClN3O3/c15-8-5-6-12(20)10(7-8)16-14-18-17-13(21-14)9-3-1-2-4-11(9)19/h1-7,19-20H,(H,16,18). The van der Waals surface area contributed by atoms with Crippen LogP contribution in [0.25, 0.3) is 11.5 Å². The van der Waals surface area contributed by atoms with Crippen LogP contribution in [0.2, 0.25) is 5.02 Å². The summed E-state index contributed by atoms with van der Waals surface area (Å²) in [5.41, 5.74) is 0.767. The van der Waals surface area contributed by atoms with Crippen molar-refractivity contribution in [2.45, 2.75) is 0 Å². The number of phenolic OH excluding ortho intramolecular Hbond substituents is 2. The third kappa shape index (κ3) is 2.75. The number of nitrogens with zero attached hydrogens (tertiary/aromatic N) is 2. The third-order valence-corrected chi connectivity index (χ3v) is 2.99. The summed E-state index contributed by atoms with van der Waals surface area (Å²) in [5.74, 6) is 0.206. The lowest BCUT2D eigenvalue weighted by atomic mass is 10.2. The van der Waals surface area contributed by atoms with Gasteiger partial charge in [-0.05, 0) is 30.3 Å². The van der Waals surface area contributed by atoms with Crippen LogP contribution in [0.1, 0.15) is 0 Å². The van der Waals surface area contributed by atoms with Gasteiger partial charge in [0, 0.05) is 5.02 Å². The fourth-order valence-electron chi connectivity index (χ4n) is 1.76. The average molecular weight is 304 g/mol. The first-order chi connectivity index (χ1) is 10.1. The smallest absolute Gasteiger partial charge is 0.320 e. The van der Waals surface area contributed by atoms with E-state index in [-0.39, 0.29) is 23.4 Å². The number of halogens is 1. The summed E-state index contributed by atoms with van der Waals surface area (Å²) in [5, 5.41) is 30.3. The Kier molecular flexibility index (Phi) is 3.37. The number of phenols is 2. The van der Waals surface area contributed by atoms with Gasteiger partial charge in [-0.25, -0.2) is 0 Å². The van der Waals surface area contributed by atoms with Gasteiger partial charge in [0.25, 0.3) is 5.89 Å². The maximum Gasteiger partial charge on any atom is 0.320 e. The third-order valence-electron chi connectivity index (χ3n) is 2.76. The van der Waals surface area contributed by atoms with E-state index in [1.165, 1.54) is 18.2 Å². The van der Waals surface area contributed by atoms with E-state index >= 15 is 0 Å². The summed E-state index contributed by atoms with van der Waals surface area (Å²) in [6.45, 7) is 0. The molecular formula is C14H10ClN3O3. The predicted molar refractivity (Wildman–Crippen MR) is 77.8 cm³/mol. The number of nitrogens with one attached hydrogen (secondary N) is 1. The number of benzene rings is 2. The molecule has 1 heterocycles. The van der Waals surface area contributed by atoms with Gasteiger partial charge in [0.05, 0.1) is 11.3 Å². The Hall–Kier alpha value is -2.73. The molecule has 3 rings (SSSR count). The van der Waals surface area contributed by atoms with Gasteiger partial charge in [-0.2, -0.15) is 0 Å². The molecular weight excluding hydrogens is 294 g/mol. The van der Waals surface area contributed by atoms with E-state index in [9.17, 15) is 10.2 Å². The van der Waals surface area contributed by atoms with E-state index in [0.29, 0.717) is 16.3 Å². The number of aromatic nitrogens is 2. The van der Waals surface area contributed by atoms with Gasteiger partial charge in [-0.15, -0.1) is 5.10 Å². The first-order valence-electron chi connectivity index (χ1n) is 6.01. The first-order valence-corrected chi connectivity index (χ1v) is 6.39. The van der Waals surface area contributed by atoms with E-state index in [2.05, 4.69) is 15.5 Å². The molecule has 0 aliphatic rings. The molecule has 0 spiro atoms. The van der Waals surface area contributed by atoms with Crippen LogP contribution in [0, 0.1) is 0 Å². The minimum atomic E-state index is 0.00158. The van der Waals surface area contributed by atoms with Gasteiger partial charge >= 0.3 is 6.01 Å². The highest BCUT2D eigenvalue weighted by molar-refractivity contribution is 6.30. The van der Waals surface area contributed by atoms with Crippen molar-refractivity contribution < 1.29 is 14.6 Å². The number of para-hydroxylation sites is 1. The zero-order valence-corrected chi connectivity index (χ0v) is 11.4. The van der Waals surface area contributed by atoms with E-state index in [1.54, 1.807) is 24.3 Å². The van der Waals surface area contributed by atoms with Gasteiger partial charge < -0.3 is 19.9 Å². The van der Waals surface area contributed by atoms with Crippen molar-refractivity contribution in [3.63, 3.8) is 0 Å². The van der Waals surface area contributed by atoms with Crippen LogP contribution >= 0.6 is 11.6 Å². The summed E-state index contributed by atoms with van der Waals surface area (Å²) < 4.78 is 5.40. The molecule has 0 amide bonds. The molecule has 21 heavy (non-hydrogen) atoms. The van der Waals surface area contributed by atoms with Crippen LogP contribution in [0.3, 0.4) is 0 Å². The van der Waals surface area contributed by atoms with Gasteiger partial charge in [-0.3, -0.25) is 0 Å². The van der Waals surface area contributed by atoms with Gasteiger partial charge in [0.1, 0.15) is 11.5 Å². The lowest BCUT2D eigenvalue weighted by Gasteiger charge is -2.04. The molecule has 0 saturated carbocycles. The quantitative estimate of drug-likeness (QED) is 0.641. The number of aromatic hydroxyl groups is 2. The highest BCUT2D eigenvalue weighted by Crippen LogP contribution is 2.32. The Morgan fingerprint density at radius 3 is 2.62 bits per heavy atom. The zero-order valence-electron chi connectivity index (χ0n) is 10.6. The van der Waals surface area contributed by atoms with Crippen LogP contribution in [0.15, 0.2) is 46.9 Å². The molecule has 106 valence electrons. The van der Waals surface area contributed by atoms with Crippen molar-refractivity contribution >= 4 is 23.3 Å². The number of rotatable bonds is 3. The molecule has 0 unspecified atom stereocenters. The molecule has 0 atom stereocenters. The molecule has 0 fully saturated rings. The highest BCUT2D eigenvalue weighted by Gasteiger charge is 2.13. The number of anilines is 2. The van der Waals surface area contributed by atoms with E-state index in [1.807, 2.05) is 0 Å². The molecule has 0 saturated heterocycles. The number of hydrogen-bond acceptors (Lipinski definition) is 6. The summed E-state index contributed by atoms with van der Waals surface area (Å²) in [7, 11) is 0. The lowest BCUT2D eigenvalue weighted by molar-refractivity contribution is 0.472. The molecule has 0 aliphatic heterocycles. The van der Waals surface area contributed by atoms with Crippen molar-refractivity contribution in [1.29, 1.82) is 0 Å². The lowest BCUT2D eigenvalue weighted by Crippen LogP contribution is -1.90. The molecule has 7 heteroatoms. The van der Waals surface area contributed by atoms with Crippen molar-refractivity contribution in [1.82, 2.24) is 10.2 Å². The molecule has 0 radical (unpaired) electrons. The fourth-order valence-corrected chi connectivity index (χ4v) is 1.93. The molecule has 3 aromatic rings. The minimum absolute atomic E-state index is 0.00158. The van der Waals surface area contributed by atoms with Crippen molar-refractivity contribution in [2.75, 3.05) is 5.32 Å². The zero-order chi connectivity index (χ0) is 14.8. The van der Waals surface area contributed by atoms with Gasteiger partial charge in [0.15, 0.2) is 0 Å². The first kappa shape index (κ1) is 13.3. The second-order valence-corrected chi connectivity index (χ2v) is 4.65. The van der Waals surface area contributed by atoms with E-state index in [0.717, 1.165) is 0 Å². The monoisotopic (exact) mass is 303 g/mol. The van der Waals surface area contributed by atoms with Crippen LogP contribution in [-0.2, 0) is 0 Å². The average Bonchev–Trinajstić information content (AvgIpc) is 2.92. The maximum atomic E-state index is 9.74. The summed E-state index contributed by atoms with van der Waals surface area (Å²) >= 11 is 5.85. The molecule has 2 aromatic carbocycles. The Balaban J connectivity index is 1.89. The van der Waals surface area contributed by atoms with E-state index in [4.69, 9.17) is 16.0 Å². The summed E-state index contributed by atoms with van der Waals surface area (Å²) in [6.07, 6.45) is 0. The molecule has 3 N–H and O–H groups in total. The van der Waals surface area contributed by atoms with Crippen molar-refractivity contribution in [2.24, 2.45) is 0 Å². The van der Waals surface area contributed by atoms with Gasteiger partial charge in [-0.1, -0.05) is 28.8 Å². The summed E-state index contributed by atoms with van der Waals surface area (Å²) in [6, 6.07) is 11.2. The second kappa shape index (κ2) is 5.34. The molecule has 6 nitrogen and oxygen atoms in total. The Morgan fingerprint density at radius 2 is 1.81 bits per heavy atom. The molecule has 0 bridgehead atoms. The van der Waals surface area contributed by atoms with E-state index < -0.39 is 0 Å². The Morgan fingerprint density at radius 1 is 1.00 bits per heavy atom. The summed E-state index contributed by atoms with van der Waals surface area (Å²) in [4.78, 5) is 0. The van der Waals surface area contributed by atoms with Crippen molar-refractivity contribution in [3.05, 3.63) is 47.5 Å². The minimum Gasteiger partial charge on any atom is -0.507 e. The number of hydrogen-bond donors (Lipinski definition) is 3. The maximum absolute atomic E-state index is 9.74. The second-order valence-electron chi connectivity index (χ2n) is 4.22. The SMILES string of the molecule is Oc1ccc(Cl)cc1Nc1nnc(-c2ccccc2O)o1. The van der Waals surface area contributed by atoms with Crippen LogP contribution in [0.5, 0.6) is 11.5 Å². The van der Waals surface area contributed by atoms with Crippen LogP contribution < -0.4 is 5.32 Å². The fraction of sp³-hybridized carbons (Fsp3) is 0. The topological polar surface area (TPSA) is 91.4 Å². The Bertz CT molecular complexity index is 789. The largest absolute Gasteiger partial charge is 0.507 e. The van der Waals surface area contributed by atoms with Crippen LogP contribution in [-0.4, -0.2) is 20.4 Å². The molecule has 0 aliphatic carbocycles. The Labute approximate surface area is 124 Å². The highest BCUT2D eigenvalue weighted by atomic mass is 35.5. The van der Waals surface area contributed by atoms with Gasteiger partial charge in [0.2, 0.25) is 0 Å². The van der Waals surface area contributed by atoms with Crippen molar-refractivity contribution in [3.8, 4) is 23.0 Å². The normalized spacial score (nSPS) is 10.5. The van der Waals surface area contributed by atoms with Crippen LogP contribution in [0.4, 0.5) is 11.7 Å². The molecule has 1 aromatic heterocycles.